The van der Waals surface area contributed by atoms with Gasteiger partial charge in [-0.15, -0.1) is 0 Å². The summed E-state index contributed by atoms with van der Waals surface area (Å²) < 4.78 is 0. The zero-order valence-corrected chi connectivity index (χ0v) is 11.6. The summed E-state index contributed by atoms with van der Waals surface area (Å²) in [6, 6.07) is 16.1. The first-order valence-electron chi connectivity index (χ1n) is 6.90. The summed E-state index contributed by atoms with van der Waals surface area (Å²) in [5.41, 5.74) is 3.55. The van der Waals surface area contributed by atoms with Gasteiger partial charge in [0.05, 0.1) is 0 Å². The van der Waals surface area contributed by atoms with E-state index in [-0.39, 0.29) is 0 Å². The Morgan fingerprint density at radius 2 is 1.68 bits per heavy atom. The first-order valence-corrected chi connectivity index (χ1v) is 6.90. The van der Waals surface area contributed by atoms with Crippen LogP contribution in [0.2, 0.25) is 0 Å². The monoisotopic (exact) mass is 255 g/mol. The van der Waals surface area contributed by atoms with Crippen molar-refractivity contribution in [3.63, 3.8) is 0 Å². The van der Waals surface area contributed by atoms with E-state index in [1.807, 2.05) is 12.1 Å². The molecule has 2 aromatic carbocycles. The van der Waals surface area contributed by atoms with E-state index in [1.54, 1.807) is 12.1 Å². The Labute approximate surface area is 115 Å². The van der Waals surface area contributed by atoms with E-state index in [2.05, 4.69) is 43.0 Å². The highest BCUT2D eigenvalue weighted by Gasteiger charge is 2.07. The molecule has 0 bridgehead atoms. The number of phenols is 1. The molecule has 100 valence electrons. The van der Waals surface area contributed by atoms with Crippen LogP contribution in [0, 0.1) is 0 Å². The maximum absolute atomic E-state index is 9.59. The minimum Gasteiger partial charge on any atom is -0.508 e. The van der Waals surface area contributed by atoms with Gasteiger partial charge < -0.3 is 10.0 Å². The third-order valence-corrected chi connectivity index (χ3v) is 3.24. The van der Waals surface area contributed by atoms with Crippen molar-refractivity contribution in [1.82, 2.24) is 0 Å². The molecule has 19 heavy (non-hydrogen) atoms. The van der Waals surface area contributed by atoms with Crippen molar-refractivity contribution in [2.24, 2.45) is 0 Å². The van der Waals surface area contributed by atoms with E-state index in [4.69, 9.17) is 0 Å². The summed E-state index contributed by atoms with van der Waals surface area (Å²) in [5.74, 6) is 0.304. The highest BCUT2D eigenvalue weighted by Crippen LogP contribution is 2.27. The van der Waals surface area contributed by atoms with Gasteiger partial charge in [-0.25, -0.2) is 0 Å². The summed E-state index contributed by atoms with van der Waals surface area (Å²) in [6.07, 6.45) is 2.29. The molecule has 0 fully saturated rings. The molecule has 2 rings (SSSR count). The van der Waals surface area contributed by atoms with Gasteiger partial charge in [-0.2, -0.15) is 0 Å². The number of aryl methyl sites for hydroxylation is 1. The zero-order valence-electron chi connectivity index (χ0n) is 11.6. The number of hydrogen-bond acceptors (Lipinski definition) is 2. The number of anilines is 2. The largest absolute Gasteiger partial charge is 0.508 e. The number of nitrogens with zero attached hydrogens (tertiary/aromatic N) is 1. The molecule has 0 radical (unpaired) electrons. The first kappa shape index (κ1) is 13.5. The average Bonchev–Trinajstić information content (AvgIpc) is 2.42. The minimum absolute atomic E-state index is 0.304. The Kier molecular flexibility index (Phi) is 4.45. The Morgan fingerprint density at radius 1 is 0.947 bits per heavy atom. The topological polar surface area (TPSA) is 23.5 Å². The van der Waals surface area contributed by atoms with Gasteiger partial charge in [-0.05, 0) is 43.2 Å². The highest BCUT2D eigenvalue weighted by atomic mass is 16.3. The lowest BCUT2D eigenvalue weighted by Crippen LogP contribution is -2.15. The zero-order chi connectivity index (χ0) is 13.7. The van der Waals surface area contributed by atoms with E-state index >= 15 is 0 Å². The number of benzene rings is 2. The summed E-state index contributed by atoms with van der Waals surface area (Å²) in [6.45, 7) is 5.18. The van der Waals surface area contributed by atoms with E-state index in [0.717, 1.165) is 24.3 Å². The summed E-state index contributed by atoms with van der Waals surface area (Å²) in [5, 5.41) is 9.59. The van der Waals surface area contributed by atoms with Crippen molar-refractivity contribution in [3.8, 4) is 5.75 Å². The second-order valence-electron chi connectivity index (χ2n) is 4.68. The Balaban J connectivity index is 2.26. The molecule has 0 amide bonds. The minimum atomic E-state index is 0.304. The van der Waals surface area contributed by atoms with Crippen LogP contribution >= 0.6 is 0 Å². The molecular formula is C17H21NO. The molecule has 2 aromatic rings. The van der Waals surface area contributed by atoms with Gasteiger partial charge in [0.1, 0.15) is 5.75 Å². The normalized spacial score (nSPS) is 10.4. The van der Waals surface area contributed by atoms with Crippen LogP contribution in [-0.2, 0) is 6.42 Å². The second kappa shape index (κ2) is 6.28. The van der Waals surface area contributed by atoms with Crippen LogP contribution in [-0.4, -0.2) is 11.7 Å². The van der Waals surface area contributed by atoms with Gasteiger partial charge in [0.15, 0.2) is 0 Å². The number of aromatic hydroxyl groups is 1. The van der Waals surface area contributed by atoms with Crippen LogP contribution in [0.3, 0.4) is 0 Å². The smallest absolute Gasteiger partial charge is 0.117 e. The van der Waals surface area contributed by atoms with Crippen LogP contribution in [0.4, 0.5) is 11.4 Å². The molecule has 0 spiro atoms. The quantitative estimate of drug-likeness (QED) is 0.850. The van der Waals surface area contributed by atoms with Gasteiger partial charge in [0.25, 0.3) is 0 Å². The molecule has 0 saturated heterocycles. The molecular weight excluding hydrogens is 234 g/mol. The number of hydrogen-bond donors (Lipinski definition) is 1. The molecule has 0 unspecified atom stereocenters. The SMILES string of the molecule is CCCc1ccc(N(CC)c2cccc(O)c2)cc1. The number of phenolic OH excluding ortho intramolecular Hbond substituents is 1. The number of rotatable bonds is 5. The van der Waals surface area contributed by atoms with Crippen molar-refractivity contribution >= 4 is 11.4 Å². The fraction of sp³-hybridized carbons (Fsp3) is 0.294. The predicted molar refractivity (Wildman–Crippen MR) is 81.2 cm³/mol. The summed E-state index contributed by atoms with van der Waals surface area (Å²) in [7, 11) is 0. The lowest BCUT2D eigenvalue weighted by atomic mass is 10.1. The van der Waals surface area contributed by atoms with E-state index < -0.39 is 0 Å². The molecule has 2 nitrogen and oxygen atoms in total. The predicted octanol–water partition coefficient (Wildman–Crippen LogP) is 4.50. The fourth-order valence-corrected chi connectivity index (χ4v) is 2.31. The van der Waals surface area contributed by atoms with Gasteiger partial charge in [-0.3, -0.25) is 0 Å². The van der Waals surface area contributed by atoms with Crippen LogP contribution in [0.1, 0.15) is 25.8 Å². The maximum atomic E-state index is 9.59. The van der Waals surface area contributed by atoms with Crippen LogP contribution < -0.4 is 4.90 Å². The molecule has 0 aliphatic carbocycles. The maximum Gasteiger partial charge on any atom is 0.117 e. The average molecular weight is 255 g/mol. The van der Waals surface area contributed by atoms with Crippen LogP contribution in [0.15, 0.2) is 48.5 Å². The lowest BCUT2D eigenvalue weighted by Gasteiger charge is -2.23. The van der Waals surface area contributed by atoms with Crippen molar-refractivity contribution in [2.75, 3.05) is 11.4 Å². The molecule has 2 heteroatoms. The third kappa shape index (κ3) is 3.28. The molecule has 1 N–H and O–H groups in total. The molecule has 0 heterocycles. The summed E-state index contributed by atoms with van der Waals surface area (Å²) in [4.78, 5) is 2.19. The van der Waals surface area contributed by atoms with Gasteiger partial charge >= 0.3 is 0 Å². The van der Waals surface area contributed by atoms with Crippen LogP contribution in [0.25, 0.3) is 0 Å². The van der Waals surface area contributed by atoms with E-state index in [0.29, 0.717) is 5.75 Å². The van der Waals surface area contributed by atoms with E-state index in [9.17, 15) is 5.11 Å². The van der Waals surface area contributed by atoms with Gasteiger partial charge in [0.2, 0.25) is 0 Å². The molecule has 0 aliphatic heterocycles. The second-order valence-corrected chi connectivity index (χ2v) is 4.68. The van der Waals surface area contributed by atoms with Crippen molar-refractivity contribution in [1.29, 1.82) is 0 Å². The molecule has 0 aromatic heterocycles. The molecule has 0 aliphatic rings. The Morgan fingerprint density at radius 3 is 2.26 bits per heavy atom. The van der Waals surface area contributed by atoms with E-state index in [1.165, 1.54) is 12.0 Å². The van der Waals surface area contributed by atoms with Crippen molar-refractivity contribution in [2.45, 2.75) is 26.7 Å². The van der Waals surface area contributed by atoms with Crippen molar-refractivity contribution < 1.29 is 5.11 Å². The van der Waals surface area contributed by atoms with Crippen LogP contribution in [0.5, 0.6) is 5.75 Å². The van der Waals surface area contributed by atoms with Gasteiger partial charge in [0, 0.05) is 24.0 Å². The Hall–Kier alpha value is -1.96. The summed E-state index contributed by atoms with van der Waals surface area (Å²) >= 11 is 0. The lowest BCUT2D eigenvalue weighted by molar-refractivity contribution is 0.475. The van der Waals surface area contributed by atoms with Crippen molar-refractivity contribution in [3.05, 3.63) is 54.1 Å². The third-order valence-electron chi connectivity index (χ3n) is 3.24. The first-order chi connectivity index (χ1) is 9.24. The fourth-order valence-electron chi connectivity index (χ4n) is 2.31. The molecule has 0 atom stereocenters. The highest BCUT2D eigenvalue weighted by molar-refractivity contribution is 5.64. The molecule has 0 saturated carbocycles. The Bertz CT molecular complexity index is 519. The standard InChI is InChI=1S/C17H21NO/c1-3-6-14-9-11-15(12-10-14)18(4-2)16-7-5-8-17(19)13-16/h5,7-13,19H,3-4,6H2,1-2H3. The van der Waals surface area contributed by atoms with Gasteiger partial charge in [-0.1, -0.05) is 31.5 Å².